The molecule has 1 saturated carbocycles. The normalized spacial score (nSPS) is 18.6. The number of amides is 3. The molecule has 28 heavy (non-hydrogen) atoms. The summed E-state index contributed by atoms with van der Waals surface area (Å²) in [5.74, 6) is 0.508. The van der Waals surface area contributed by atoms with E-state index < -0.39 is 11.6 Å². The first kappa shape index (κ1) is 18.2. The molecule has 0 aromatic heterocycles. The summed E-state index contributed by atoms with van der Waals surface area (Å²) in [7, 11) is 0. The smallest absolute Gasteiger partial charge is 0.346 e. The lowest BCUT2D eigenvalue weighted by atomic mass is 9.82. The van der Waals surface area contributed by atoms with E-state index in [0.717, 1.165) is 41.1 Å². The third-order valence-electron chi connectivity index (χ3n) is 5.30. The van der Waals surface area contributed by atoms with Crippen molar-refractivity contribution in [2.24, 2.45) is 5.10 Å². The van der Waals surface area contributed by atoms with E-state index >= 15 is 0 Å². The van der Waals surface area contributed by atoms with E-state index in [1.807, 2.05) is 54.6 Å². The van der Waals surface area contributed by atoms with E-state index in [1.54, 1.807) is 0 Å². The van der Waals surface area contributed by atoms with E-state index in [0.29, 0.717) is 19.4 Å². The van der Waals surface area contributed by atoms with E-state index in [2.05, 4.69) is 10.4 Å². The fourth-order valence-corrected chi connectivity index (χ4v) is 3.72. The molecule has 0 radical (unpaired) electrons. The van der Waals surface area contributed by atoms with Crippen LogP contribution < -0.4 is 10.1 Å². The highest BCUT2D eigenvalue weighted by molar-refractivity contribution is 6.07. The number of hydrazone groups is 1. The van der Waals surface area contributed by atoms with Gasteiger partial charge in [0.15, 0.2) is 0 Å². The predicted octanol–water partition coefficient (Wildman–Crippen LogP) is 3.85. The summed E-state index contributed by atoms with van der Waals surface area (Å²) in [5.41, 5.74) is 1.14. The maximum absolute atomic E-state index is 12.7. The molecule has 6 nitrogen and oxygen atoms in total. The second-order valence-electron chi connectivity index (χ2n) is 7.28. The SMILES string of the molecule is O=C1NC2(CCCCC2)C(=O)N1N=Cc1ccc(OCc2ccccc2)cc1. The molecule has 2 aliphatic rings. The Balaban J connectivity index is 1.38. The molecule has 2 aromatic rings. The Kier molecular flexibility index (Phi) is 5.10. The first-order valence-electron chi connectivity index (χ1n) is 9.64. The van der Waals surface area contributed by atoms with Crippen LogP contribution in [-0.4, -0.2) is 28.7 Å². The Bertz CT molecular complexity index is 872. The van der Waals surface area contributed by atoms with Crippen LogP contribution >= 0.6 is 0 Å². The summed E-state index contributed by atoms with van der Waals surface area (Å²) in [6.07, 6.45) is 5.92. The molecular weight excluding hydrogens is 354 g/mol. The van der Waals surface area contributed by atoms with Crippen LogP contribution in [0.1, 0.15) is 43.2 Å². The van der Waals surface area contributed by atoms with Crippen molar-refractivity contribution in [1.29, 1.82) is 0 Å². The predicted molar refractivity (Wildman–Crippen MR) is 106 cm³/mol. The van der Waals surface area contributed by atoms with E-state index in [1.165, 1.54) is 6.21 Å². The van der Waals surface area contributed by atoms with Crippen molar-refractivity contribution in [2.75, 3.05) is 0 Å². The maximum Gasteiger partial charge on any atom is 0.346 e. The summed E-state index contributed by atoms with van der Waals surface area (Å²) < 4.78 is 5.76. The third-order valence-corrected chi connectivity index (χ3v) is 5.30. The lowest BCUT2D eigenvalue weighted by molar-refractivity contribution is -0.132. The van der Waals surface area contributed by atoms with Crippen LogP contribution in [0.3, 0.4) is 0 Å². The van der Waals surface area contributed by atoms with Crippen molar-refractivity contribution in [3.8, 4) is 5.75 Å². The number of carbonyl (C=O) groups is 2. The number of urea groups is 1. The number of rotatable bonds is 5. The number of benzene rings is 2. The fourth-order valence-electron chi connectivity index (χ4n) is 3.72. The molecule has 0 atom stereocenters. The van der Waals surface area contributed by atoms with Crippen LogP contribution in [0, 0.1) is 0 Å². The van der Waals surface area contributed by atoms with Gasteiger partial charge in [-0.15, -0.1) is 5.01 Å². The molecule has 1 saturated heterocycles. The molecule has 1 aliphatic carbocycles. The molecule has 0 bridgehead atoms. The first-order chi connectivity index (χ1) is 13.7. The zero-order valence-electron chi connectivity index (χ0n) is 15.6. The second-order valence-corrected chi connectivity index (χ2v) is 7.28. The first-order valence-corrected chi connectivity index (χ1v) is 9.64. The van der Waals surface area contributed by atoms with Crippen molar-refractivity contribution in [1.82, 2.24) is 10.3 Å². The van der Waals surface area contributed by atoms with Crippen LogP contribution in [0.5, 0.6) is 5.75 Å². The van der Waals surface area contributed by atoms with Crippen LogP contribution in [0.25, 0.3) is 0 Å². The highest BCUT2D eigenvalue weighted by Crippen LogP contribution is 2.33. The van der Waals surface area contributed by atoms with Crippen LogP contribution in [0.2, 0.25) is 0 Å². The van der Waals surface area contributed by atoms with Gasteiger partial charge in [-0.3, -0.25) is 4.79 Å². The van der Waals surface area contributed by atoms with Gasteiger partial charge in [0, 0.05) is 0 Å². The number of hydrogen-bond donors (Lipinski definition) is 1. The molecular formula is C22H23N3O3. The van der Waals surface area contributed by atoms with Crippen LogP contribution in [0.15, 0.2) is 59.7 Å². The lowest BCUT2D eigenvalue weighted by Gasteiger charge is -2.29. The average Bonchev–Trinajstić information content (AvgIpc) is 2.96. The largest absolute Gasteiger partial charge is 0.489 e. The monoisotopic (exact) mass is 377 g/mol. The van der Waals surface area contributed by atoms with Gasteiger partial charge in [0.25, 0.3) is 5.91 Å². The molecule has 4 rings (SSSR count). The topological polar surface area (TPSA) is 71.0 Å². The molecule has 6 heteroatoms. The van der Waals surface area contributed by atoms with Crippen molar-refractivity contribution >= 4 is 18.2 Å². The highest BCUT2D eigenvalue weighted by atomic mass is 16.5. The highest BCUT2D eigenvalue weighted by Gasteiger charge is 2.51. The molecule has 1 aliphatic heterocycles. The van der Waals surface area contributed by atoms with Gasteiger partial charge in [0.05, 0.1) is 6.21 Å². The number of ether oxygens (including phenoxy) is 1. The quantitative estimate of drug-likeness (QED) is 0.635. The Hall–Kier alpha value is -3.15. The molecule has 1 spiro atoms. The van der Waals surface area contributed by atoms with Gasteiger partial charge in [0.2, 0.25) is 0 Å². The van der Waals surface area contributed by atoms with Crippen molar-refractivity contribution in [3.63, 3.8) is 0 Å². The number of carbonyl (C=O) groups excluding carboxylic acids is 2. The number of hydrogen-bond acceptors (Lipinski definition) is 4. The van der Waals surface area contributed by atoms with Gasteiger partial charge in [0.1, 0.15) is 17.9 Å². The molecule has 3 amide bonds. The van der Waals surface area contributed by atoms with Gasteiger partial charge < -0.3 is 10.1 Å². The van der Waals surface area contributed by atoms with Crippen molar-refractivity contribution in [2.45, 2.75) is 44.2 Å². The second kappa shape index (κ2) is 7.84. The molecule has 1 N–H and O–H groups in total. The summed E-state index contributed by atoms with van der Waals surface area (Å²) in [6.45, 7) is 0.499. The maximum atomic E-state index is 12.7. The number of imide groups is 1. The van der Waals surface area contributed by atoms with Crippen molar-refractivity contribution in [3.05, 3.63) is 65.7 Å². The zero-order valence-corrected chi connectivity index (χ0v) is 15.6. The molecule has 0 unspecified atom stereocenters. The Morgan fingerprint density at radius 1 is 1.00 bits per heavy atom. The fraction of sp³-hybridized carbons (Fsp3) is 0.318. The van der Waals surface area contributed by atoms with E-state index in [-0.39, 0.29) is 5.91 Å². The van der Waals surface area contributed by atoms with Gasteiger partial charge >= 0.3 is 6.03 Å². The van der Waals surface area contributed by atoms with Crippen LogP contribution in [0.4, 0.5) is 4.79 Å². The van der Waals surface area contributed by atoms with Gasteiger partial charge in [-0.1, -0.05) is 49.6 Å². The minimum absolute atomic E-state index is 0.240. The minimum Gasteiger partial charge on any atom is -0.489 e. The third kappa shape index (κ3) is 3.76. The standard InChI is InChI=1S/C22H23N3O3/c26-20-22(13-5-2-6-14-22)24-21(27)25(20)23-15-17-9-11-19(12-10-17)28-16-18-7-3-1-4-8-18/h1,3-4,7-12,15H,2,5-6,13-14,16H2,(H,24,27). The lowest BCUT2D eigenvalue weighted by Crippen LogP contribution is -2.48. The Morgan fingerprint density at radius 2 is 1.71 bits per heavy atom. The van der Waals surface area contributed by atoms with Gasteiger partial charge in [-0.05, 0) is 48.2 Å². The van der Waals surface area contributed by atoms with Gasteiger partial charge in [-0.25, -0.2) is 4.79 Å². The molecule has 1 heterocycles. The molecule has 2 fully saturated rings. The van der Waals surface area contributed by atoms with Gasteiger partial charge in [-0.2, -0.15) is 5.10 Å². The zero-order chi connectivity index (χ0) is 19.4. The van der Waals surface area contributed by atoms with Crippen molar-refractivity contribution < 1.29 is 14.3 Å². The van der Waals surface area contributed by atoms with E-state index in [4.69, 9.17) is 4.74 Å². The molecule has 144 valence electrons. The van der Waals surface area contributed by atoms with Crippen LogP contribution in [-0.2, 0) is 11.4 Å². The molecule has 2 aromatic carbocycles. The Labute approximate surface area is 164 Å². The average molecular weight is 377 g/mol. The number of nitrogens with one attached hydrogen (secondary N) is 1. The summed E-state index contributed by atoms with van der Waals surface area (Å²) in [5, 5.41) is 7.95. The minimum atomic E-state index is -0.748. The summed E-state index contributed by atoms with van der Waals surface area (Å²) in [6, 6.07) is 16.9. The summed E-state index contributed by atoms with van der Waals surface area (Å²) in [4.78, 5) is 24.9. The number of nitrogens with zero attached hydrogens (tertiary/aromatic N) is 2. The van der Waals surface area contributed by atoms with E-state index in [9.17, 15) is 9.59 Å². The Morgan fingerprint density at radius 3 is 2.43 bits per heavy atom. The summed E-state index contributed by atoms with van der Waals surface area (Å²) >= 11 is 0.